The lowest BCUT2D eigenvalue weighted by atomic mass is 10.0. The lowest BCUT2D eigenvalue weighted by Gasteiger charge is -2.12. The SMILES string of the molecule is CCCCCCC(Cl)c1cc2[nH]c(=O)[nH]c2cc1Br. The average molecular weight is 346 g/mol. The van der Waals surface area contributed by atoms with Gasteiger partial charge in [0.15, 0.2) is 0 Å². The number of halogens is 2. The van der Waals surface area contributed by atoms with E-state index in [9.17, 15) is 4.79 Å². The van der Waals surface area contributed by atoms with Crippen LogP contribution in [0.2, 0.25) is 0 Å². The van der Waals surface area contributed by atoms with Gasteiger partial charge in [-0.05, 0) is 24.1 Å². The third kappa shape index (κ3) is 3.63. The largest absolute Gasteiger partial charge is 0.323 e. The van der Waals surface area contributed by atoms with Crippen molar-refractivity contribution >= 4 is 38.6 Å². The molecular formula is C14H18BrClN2O. The predicted molar refractivity (Wildman–Crippen MR) is 84.0 cm³/mol. The van der Waals surface area contributed by atoms with Crippen molar-refractivity contribution in [1.82, 2.24) is 9.97 Å². The third-order valence-electron chi connectivity index (χ3n) is 3.28. The molecule has 2 N–H and O–H groups in total. The van der Waals surface area contributed by atoms with Gasteiger partial charge in [-0.2, -0.15) is 0 Å². The summed E-state index contributed by atoms with van der Waals surface area (Å²) in [5, 5.41) is -0.0194. The van der Waals surface area contributed by atoms with Gasteiger partial charge in [-0.25, -0.2) is 4.79 Å². The maximum absolute atomic E-state index is 11.3. The van der Waals surface area contributed by atoms with E-state index in [1.54, 1.807) is 0 Å². The molecule has 0 amide bonds. The number of benzene rings is 1. The van der Waals surface area contributed by atoms with Gasteiger partial charge in [0.05, 0.1) is 16.4 Å². The molecule has 0 saturated heterocycles. The van der Waals surface area contributed by atoms with E-state index < -0.39 is 0 Å². The average Bonchev–Trinajstić information content (AvgIpc) is 2.72. The van der Waals surface area contributed by atoms with Gasteiger partial charge < -0.3 is 9.97 Å². The molecule has 2 aromatic rings. The molecule has 1 atom stereocenters. The van der Waals surface area contributed by atoms with E-state index in [1.165, 1.54) is 19.3 Å². The van der Waals surface area contributed by atoms with Crippen molar-refractivity contribution in [2.45, 2.75) is 44.4 Å². The van der Waals surface area contributed by atoms with Crippen LogP contribution in [0, 0.1) is 0 Å². The van der Waals surface area contributed by atoms with E-state index in [2.05, 4.69) is 32.8 Å². The number of fused-ring (bicyclic) bond motifs is 1. The molecule has 2 rings (SSSR count). The van der Waals surface area contributed by atoms with Crippen LogP contribution in [0.5, 0.6) is 0 Å². The van der Waals surface area contributed by atoms with Crippen molar-refractivity contribution in [1.29, 1.82) is 0 Å². The Kier molecular flexibility index (Phi) is 5.11. The van der Waals surface area contributed by atoms with Gasteiger partial charge in [-0.15, -0.1) is 11.6 Å². The van der Waals surface area contributed by atoms with Crippen LogP contribution in [-0.2, 0) is 0 Å². The first-order valence-electron chi connectivity index (χ1n) is 6.67. The minimum atomic E-state index is -0.187. The van der Waals surface area contributed by atoms with Crippen molar-refractivity contribution in [3.05, 3.63) is 32.7 Å². The van der Waals surface area contributed by atoms with Crippen molar-refractivity contribution < 1.29 is 0 Å². The summed E-state index contributed by atoms with van der Waals surface area (Å²) in [6.07, 6.45) is 5.80. The van der Waals surface area contributed by atoms with Crippen molar-refractivity contribution in [2.24, 2.45) is 0 Å². The molecule has 5 heteroatoms. The van der Waals surface area contributed by atoms with Crippen LogP contribution in [0.1, 0.15) is 50.0 Å². The first-order valence-corrected chi connectivity index (χ1v) is 7.90. The summed E-state index contributed by atoms with van der Waals surface area (Å²) in [6, 6.07) is 3.86. The van der Waals surface area contributed by atoms with Crippen LogP contribution < -0.4 is 5.69 Å². The minimum Gasteiger partial charge on any atom is -0.306 e. The molecule has 3 nitrogen and oxygen atoms in total. The Labute approximate surface area is 125 Å². The summed E-state index contributed by atoms with van der Waals surface area (Å²) in [4.78, 5) is 16.8. The van der Waals surface area contributed by atoms with Crippen LogP contribution in [0.15, 0.2) is 21.4 Å². The van der Waals surface area contributed by atoms with Crippen molar-refractivity contribution in [2.75, 3.05) is 0 Å². The first-order chi connectivity index (χ1) is 9.11. The zero-order valence-electron chi connectivity index (χ0n) is 10.9. The molecule has 0 bridgehead atoms. The van der Waals surface area contributed by atoms with Gasteiger partial charge >= 0.3 is 5.69 Å². The number of aromatic nitrogens is 2. The topological polar surface area (TPSA) is 48.6 Å². The fourth-order valence-electron chi connectivity index (χ4n) is 2.22. The van der Waals surface area contributed by atoms with Gasteiger partial charge in [-0.3, -0.25) is 0 Å². The second-order valence-corrected chi connectivity index (χ2v) is 6.20. The number of hydrogen-bond acceptors (Lipinski definition) is 1. The van der Waals surface area contributed by atoms with Crippen molar-refractivity contribution in [3.63, 3.8) is 0 Å². The van der Waals surface area contributed by atoms with E-state index >= 15 is 0 Å². The van der Waals surface area contributed by atoms with E-state index in [-0.39, 0.29) is 11.1 Å². The predicted octanol–water partition coefficient (Wildman–Crippen LogP) is 4.87. The number of H-pyrrole nitrogens is 2. The van der Waals surface area contributed by atoms with Crippen LogP contribution in [-0.4, -0.2) is 9.97 Å². The Morgan fingerprint density at radius 2 is 1.89 bits per heavy atom. The normalized spacial score (nSPS) is 13.0. The first kappa shape index (κ1) is 14.7. The molecule has 0 fully saturated rings. The van der Waals surface area contributed by atoms with Gasteiger partial charge in [0.2, 0.25) is 0 Å². The summed E-state index contributed by atoms with van der Waals surface area (Å²) in [7, 11) is 0. The highest BCUT2D eigenvalue weighted by Gasteiger charge is 2.13. The van der Waals surface area contributed by atoms with Gasteiger partial charge in [0.25, 0.3) is 0 Å². The standard InChI is InChI=1S/C14H18BrClN2O/c1-2-3-4-5-6-11(16)9-7-12-13(8-10(9)15)18-14(19)17-12/h7-8,11H,2-6H2,1H3,(H2,17,18,19). The molecule has 0 aliphatic rings. The van der Waals surface area contributed by atoms with Crippen LogP contribution in [0.3, 0.4) is 0 Å². The summed E-state index contributed by atoms with van der Waals surface area (Å²) >= 11 is 9.99. The van der Waals surface area contributed by atoms with Gasteiger partial charge in [0.1, 0.15) is 0 Å². The van der Waals surface area contributed by atoms with Crippen LogP contribution >= 0.6 is 27.5 Å². The van der Waals surface area contributed by atoms with Crippen LogP contribution in [0.4, 0.5) is 0 Å². The summed E-state index contributed by atoms with van der Waals surface area (Å²) in [5.41, 5.74) is 2.46. The second-order valence-electron chi connectivity index (χ2n) is 4.82. The number of nitrogens with one attached hydrogen (secondary N) is 2. The fourth-order valence-corrected chi connectivity index (χ4v) is 3.30. The van der Waals surface area contributed by atoms with E-state index in [1.807, 2.05) is 12.1 Å². The molecule has 0 aliphatic heterocycles. The lowest BCUT2D eigenvalue weighted by molar-refractivity contribution is 0.623. The number of alkyl halides is 1. The minimum absolute atomic E-state index is 0.0194. The maximum atomic E-state index is 11.3. The van der Waals surface area contributed by atoms with E-state index in [0.717, 1.165) is 33.9 Å². The van der Waals surface area contributed by atoms with Gasteiger partial charge in [-0.1, -0.05) is 48.5 Å². The molecule has 0 aliphatic carbocycles. The zero-order chi connectivity index (χ0) is 13.8. The maximum Gasteiger partial charge on any atom is 0.323 e. The molecular weight excluding hydrogens is 328 g/mol. The number of aromatic amines is 2. The van der Waals surface area contributed by atoms with E-state index in [4.69, 9.17) is 11.6 Å². The number of imidazole rings is 1. The number of hydrogen-bond donors (Lipinski definition) is 2. The van der Waals surface area contributed by atoms with Crippen molar-refractivity contribution in [3.8, 4) is 0 Å². The van der Waals surface area contributed by atoms with E-state index in [0.29, 0.717) is 0 Å². The highest BCUT2D eigenvalue weighted by Crippen LogP contribution is 2.34. The molecule has 104 valence electrons. The zero-order valence-corrected chi connectivity index (χ0v) is 13.3. The van der Waals surface area contributed by atoms with Crippen LogP contribution in [0.25, 0.3) is 11.0 Å². The molecule has 1 heterocycles. The molecule has 19 heavy (non-hydrogen) atoms. The summed E-state index contributed by atoms with van der Waals surface area (Å²) in [6.45, 7) is 2.20. The highest BCUT2D eigenvalue weighted by molar-refractivity contribution is 9.10. The molecule has 1 aromatic heterocycles. The molecule has 0 radical (unpaired) electrons. The summed E-state index contributed by atoms with van der Waals surface area (Å²) < 4.78 is 0.950. The smallest absolute Gasteiger partial charge is 0.306 e. The Balaban J connectivity index is 2.14. The number of unbranched alkanes of at least 4 members (excludes halogenated alkanes) is 3. The second kappa shape index (κ2) is 6.62. The highest BCUT2D eigenvalue weighted by atomic mass is 79.9. The Hall–Kier alpha value is -0.740. The molecule has 0 saturated carbocycles. The Morgan fingerprint density at radius 1 is 1.21 bits per heavy atom. The third-order valence-corrected chi connectivity index (χ3v) is 4.42. The summed E-state index contributed by atoms with van der Waals surface area (Å²) in [5.74, 6) is 0. The van der Waals surface area contributed by atoms with Gasteiger partial charge in [0, 0.05) is 4.47 Å². The molecule has 1 aromatic carbocycles. The molecule has 1 unspecified atom stereocenters. The monoisotopic (exact) mass is 344 g/mol. The quantitative estimate of drug-likeness (QED) is 0.569. The fraction of sp³-hybridized carbons (Fsp3) is 0.500. The lowest BCUT2D eigenvalue weighted by Crippen LogP contribution is -1.99. The Morgan fingerprint density at radius 3 is 2.58 bits per heavy atom. The molecule has 0 spiro atoms. The number of rotatable bonds is 6. The Bertz CT molecular complexity index is 605.